The van der Waals surface area contributed by atoms with Crippen LogP contribution in [0.4, 0.5) is 0 Å². The molecule has 0 aliphatic carbocycles. The molecule has 156 valence electrons. The first-order chi connectivity index (χ1) is 12.3. The Labute approximate surface area is 160 Å². The number of nitrogens with one attached hydrogen (secondary N) is 3. The van der Waals surface area contributed by atoms with E-state index in [1.54, 1.807) is 0 Å². The van der Waals surface area contributed by atoms with Crippen molar-refractivity contribution in [3.63, 3.8) is 0 Å². The summed E-state index contributed by atoms with van der Waals surface area (Å²) in [6, 6.07) is -3.02. The summed E-state index contributed by atoms with van der Waals surface area (Å²) in [6.07, 6.45) is -0.501. The van der Waals surface area contributed by atoms with Crippen LogP contribution in [-0.2, 0) is 19.2 Å². The van der Waals surface area contributed by atoms with Gasteiger partial charge in [0.15, 0.2) is 0 Å². The van der Waals surface area contributed by atoms with Gasteiger partial charge in [0.05, 0.1) is 6.10 Å². The van der Waals surface area contributed by atoms with Crippen molar-refractivity contribution in [2.75, 3.05) is 0 Å². The fourth-order valence-electron chi connectivity index (χ4n) is 2.59. The number of rotatable bonds is 11. The highest BCUT2D eigenvalue weighted by atomic mass is 16.3. The molecular formula is C18H34N4O5. The molecule has 4 amide bonds. The topological polar surface area (TPSA) is 151 Å². The molecule has 0 aromatic rings. The van der Waals surface area contributed by atoms with Crippen LogP contribution in [0.3, 0.4) is 0 Å². The minimum Gasteiger partial charge on any atom is -0.391 e. The number of carbonyl (C=O) groups is 4. The fourth-order valence-corrected chi connectivity index (χ4v) is 2.59. The minimum absolute atomic E-state index is 0.109. The van der Waals surface area contributed by atoms with E-state index < -0.39 is 42.0 Å². The Balaban J connectivity index is 5.23. The number of amides is 4. The zero-order valence-electron chi connectivity index (χ0n) is 17.0. The molecule has 6 N–H and O–H groups in total. The Morgan fingerprint density at radius 2 is 1.30 bits per heavy atom. The molecule has 0 aliphatic rings. The third-order valence-corrected chi connectivity index (χ3v) is 3.83. The summed E-state index contributed by atoms with van der Waals surface area (Å²) in [7, 11) is 0. The summed E-state index contributed by atoms with van der Waals surface area (Å²) in [5.74, 6) is -2.13. The average molecular weight is 386 g/mol. The predicted octanol–water partition coefficient (Wildman–Crippen LogP) is -0.581. The van der Waals surface area contributed by atoms with Crippen molar-refractivity contribution >= 4 is 23.6 Å². The van der Waals surface area contributed by atoms with E-state index in [9.17, 15) is 24.3 Å². The average Bonchev–Trinajstić information content (AvgIpc) is 2.48. The van der Waals surface area contributed by atoms with E-state index in [0.29, 0.717) is 12.8 Å². The van der Waals surface area contributed by atoms with Crippen LogP contribution in [0.1, 0.15) is 54.4 Å². The number of aliphatic hydroxyl groups excluding tert-OH is 1. The van der Waals surface area contributed by atoms with E-state index >= 15 is 0 Å². The fraction of sp³-hybridized carbons (Fsp3) is 0.778. The number of primary amides is 1. The molecule has 0 spiro atoms. The van der Waals surface area contributed by atoms with Gasteiger partial charge in [-0.1, -0.05) is 27.7 Å². The number of hydrogen-bond acceptors (Lipinski definition) is 5. The minimum atomic E-state index is -1.28. The van der Waals surface area contributed by atoms with Crippen molar-refractivity contribution in [3.05, 3.63) is 0 Å². The molecule has 0 rings (SSSR count). The maximum Gasteiger partial charge on any atom is 0.245 e. The van der Waals surface area contributed by atoms with Gasteiger partial charge in [-0.25, -0.2) is 0 Å². The highest BCUT2D eigenvalue weighted by Gasteiger charge is 2.31. The summed E-state index contributed by atoms with van der Waals surface area (Å²) in [6.45, 7) is 10.2. The van der Waals surface area contributed by atoms with Crippen LogP contribution in [0, 0.1) is 11.8 Å². The lowest BCUT2D eigenvalue weighted by Crippen LogP contribution is -2.59. The van der Waals surface area contributed by atoms with Crippen LogP contribution in [0.5, 0.6) is 0 Å². The van der Waals surface area contributed by atoms with Crippen LogP contribution < -0.4 is 21.7 Å². The van der Waals surface area contributed by atoms with Crippen molar-refractivity contribution in [1.29, 1.82) is 0 Å². The zero-order chi connectivity index (χ0) is 21.3. The third kappa shape index (κ3) is 9.93. The summed E-state index contributed by atoms with van der Waals surface area (Å²) >= 11 is 0. The summed E-state index contributed by atoms with van der Waals surface area (Å²) in [5, 5.41) is 17.4. The molecule has 0 heterocycles. The van der Waals surface area contributed by atoms with Crippen molar-refractivity contribution in [2.45, 2.75) is 78.6 Å². The van der Waals surface area contributed by atoms with Gasteiger partial charge in [-0.2, -0.15) is 0 Å². The molecule has 0 radical (unpaired) electrons. The van der Waals surface area contributed by atoms with E-state index in [2.05, 4.69) is 16.0 Å². The Hall–Kier alpha value is -2.16. The molecule has 9 nitrogen and oxygen atoms in total. The molecule has 0 saturated heterocycles. The Morgan fingerprint density at radius 1 is 0.815 bits per heavy atom. The van der Waals surface area contributed by atoms with Crippen molar-refractivity contribution < 1.29 is 24.3 Å². The van der Waals surface area contributed by atoms with Crippen LogP contribution in [0.25, 0.3) is 0 Å². The SMILES string of the molecule is CC(=O)N[C@@H](CC(C)C)C(=O)N[C@H](C(=O)N[C@@H](CC(C)C)C(N)=O)[C@@H](C)O. The maximum atomic E-state index is 12.5. The highest BCUT2D eigenvalue weighted by Crippen LogP contribution is 2.08. The lowest BCUT2D eigenvalue weighted by Gasteiger charge is -2.27. The molecule has 0 aromatic heterocycles. The lowest BCUT2D eigenvalue weighted by atomic mass is 10.0. The summed E-state index contributed by atoms with van der Waals surface area (Å²) < 4.78 is 0. The molecular weight excluding hydrogens is 352 g/mol. The molecule has 0 bridgehead atoms. The number of hydrogen-bond donors (Lipinski definition) is 5. The largest absolute Gasteiger partial charge is 0.391 e. The van der Waals surface area contributed by atoms with E-state index in [0.717, 1.165) is 0 Å². The monoisotopic (exact) mass is 386 g/mol. The van der Waals surface area contributed by atoms with Gasteiger partial charge in [-0.3, -0.25) is 19.2 Å². The first kappa shape index (κ1) is 24.8. The summed E-state index contributed by atoms with van der Waals surface area (Å²) in [5.41, 5.74) is 5.32. The van der Waals surface area contributed by atoms with Gasteiger partial charge >= 0.3 is 0 Å². The Morgan fingerprint density at radius 3 is 1.67 bits per heavy atom. The van der Waals surface area contributed by atoms with Gasteiger partial charge in [-0.05, 0) is 31.6 Å². The van der Waals surface area contributed by atoms with Crippen LogP contribution in [0.2, 0.25) is 0 Å². The molecule has 0 aliphatic heterocycles. The first-order valence-corrected chi connectivity index (χ1v) is 9.20. The lowest BCUT2D eigenvalue weighted by molar-refractivity contribution is -0.135. The molecule has 27 heavy (non-hydrogen) atoms. The van der Waals surface area contributed by atoms with Gasteiger partial charge in [0.2, 0.25) is 23.6 Å². The second-order valence-corrected chi connectivity index (χ2v) is 7.70. The third-order valence-electron chi connectivity index (χ3n) is 3.83. The summed E-state index contributed by atoms with van der Waals surface area (Å²) in [4.78, 5) is 47.9. The molecule has 0 unspecified atom stereocenters. The highest BCUT2D eigenvalue weighted by molar-refractivity contribution is 5.94. The standard InChI is InChI=1S/C18H34N4O5/c1-9(2)7-13(16(19)25)21-18(27)15(11(5)23)22-17(26)14(8-10(3)4)20-12(6)24/h9-11,13-15,23H,7-8H2,1-6H3,(H2,19,25)(H,20,24)(H,21,27)(H,22,26)/t11-,13+,14+,15+/m1/s1. The van der Waals surface area contributed by atoms with E-state index in [1.807, 2.05) is 27.7 Å². The zero-order valence-corrected chi connectivity index (χ0v) is 17.0. The first-order valence-electron chi connectivity index (χ1n) is 9.20. The molecule has 0 fully saturated rings. The number of nitrogens with two attached hydrogens (primary N) is 1. The van der Waals surface area contributed by atoms with Crippen molar-refractivity contribution in [1.82, 2.24) is 16.0 Å². The Kier molecular flexibility index (Phi) is 10.6. The second kappa shape index (κ2) is 11.5. The van der Waals surface area contributed by atoms with Gasteiger partial charge in [0, 0.05) is 6.92 Å². The van der Waals surface area contributed by atoms with E-state index in [-0.39, 0.29) is 17.7 Å². The number of aliphatic hydroxyl groups is 1. The number of carbonyl (C=O) groups excluding carboxylic acids is 4. The van der Waals surface area contributed by atoms with Crippen LogP contribution >= 0.6 is 0 Å². The molecule has 0 saturated carbocycles. The van der Waals surface area contributed by atoms with Gasteiger partial charge < -0.3 is 26.8 Å². The smallest absolute Gasteiger partial charge is 0.245 e. The Bertz CT molecular complexity index is 534. The van der Waals surface area contributed by atoms with Crippen molar-refractivity contribution in [2.24, 2.45) is 17.6 Å². The molecule has 0 aromatic carbocycles. The van der Waals surface area contributed by atoms with Gasteiger partial charge in [0.25, 0.3) is 0 Å². The van der Waals surface area contributed by atoms with E-state index in [1.165, 1.54) is 13.8 Å². The quantitative estimate of drug-likeness (QED) is 0.322. The van der Waals surface area contributed by atoms with Gasteiger partial charge in [0.1, 0.15) is 18.1 Å². The van der Waals surface area contributed by atoms with Gasteiger partial charge in [-0.15, -0.1) is 0 Å². The van der Waals surface area contributed by atoms with Crippen LogP contribution in [-0.4, -0.2) is 53.0 Å². The van der Waals surface area contributed by atoms with E-state index in [4.69, 9.17) is 5.73 Å². The molecule has 9 heteroatoms. The molecule has 4 atom stereocenters. The second-order valence-electron chi connectivity index (χ2n) is 7.70. The maximum absolute atomic E-state index is 12.5. The van der Waals surface area contributed by atoms with Crippen molar-refractivity contribution in [3.8, 4) is 0 Å². The normalized spacial score (nSPS) is 15.6. The predicted molar refractivity (Wildman–Crippen MR) is 101 cm³/mol. The van der Waals surface area contributed by atoms with Crippen LogP contribution in [0.15, 0.2) is 0 Å².